The number of nitrogens with one attached hydrogen (secondary N) is 1. The van der Waals surface area contributed by atoms with Crippen molar-refractivity contribution < 1.29 is 9.53 Å². The van der Waals surface area contributed by atoms with Crippen molar-refractivity contribution in [3.63, 3.8) is 0 Å². The molecule has 1 N–H and O–H groups in total. The number of aromatic nitrogens is 1. The Hall–Kier alpha value is -2.07. The molecule has 4 nitrogen and oxygen atoms in total. The number of anilines is 1. The maximum absolute atomic E-state index is 12.2. The first kappa shape index (κ1) is 14.3. The van der Waals surface area contributed by atoms with E-state index in [9.17, 15) is 4.79 Å². The van der Waals surface area contributed by atoms with Crippen molar-refractivity contribution in [1.82, 2.24) is 4.98 Å². The lowest BCUT2D eigenvalue weighted by Crippen LogP contribution is -2.12. The summed E-state index contributed by atoms with van der Waals surface area (Å²) in [4.78, 5) is 16.1. The Labute approximate surface area is 122 Å². The Morgan fingerprint density at radius 1 is 1.15 bits per heavy atom. The molecule has 0 aliphatic heterocycles. The fourth-order valence-electron chi connectivity index (χ4n) is 1.96. The third-order valence-corrected chi connectivity index (χ3v) is 2.92. The highest BCUT2D eigenvalue weighted by molar-refractivity contribution is 6.30. The van der Waals surface area contributed by atoms with Crippen LogP contribution < -0.4 is 10.1 Å². The lowest BCUT2D eigenvalue weighted by atomic mass is 10.1. The fraction of sp³-hybridized carbons (Fsp3) is 0.200. The zero-order valence-electron chi connectivity index (χ0n) is 11.5. The van der Waals surface area contributed by atoms with E-state index >= 15 is 0 Å². The molecule has 0 fully saturated rings. The second-order valence-electron chi connectivity index (χ2n) is 4.55. The second-order valence-corrected chi connectivity index (χ2v) is 4.94. The standard InChI is InChI=1S/C15H15ClN2O2/c1-9-4-10(2)6-12(5-9)17-15(19)11-7-13(16)18-14(8-11)20-3/h4-8H,1-3H3,(H,17,19). The molecule has 20 heavy (non-hydrogen) atoms. The number of nitrogens with zero attached hydrogens (tertiary/aromatic N) is 1. The Morgan fingerprint density at radius 2 is 1.80 bits per heavy atom. The maximum Gasteiger partial charge on any atom is 0.255 e. The van der Waals surface area contributed by atoms with Gasteiger partial charge in [-0.25, -0.2) is 4.98 Å². The Bertz CT molecular complexity index is 636. The summed E-state index contributed by atoms with van der Waals surface area (Å²) in [7, 11) is 1.48. The number of carbonyl (C=O) groups is 1. The number of pyridine rings is 1. The predicted molar refractivity (Wildman–Crippen MR) is 79.7 cm³/mol. The van der Waals surface area contributed by atoms with Crippen LogP contribution >= 0.6 is 11.6 Å². The van der Waals surface area contributed by atoms with Crippen LogP contribution in [0.1, 0.15) is 21.5 Å². The summed E-state index contributed by atoms with van der Waals surface area (Å²) in [6.07, 6.45) is 0. The number of hydrogen-bond donors (Lipinski definition) is 1. The average Bonchev–Trinajstić information content (AvgIpc) is 2.36. The summed E-state index contributed by atoms with van der Waals surface area (Å²) < 4.78 is 5.00. The van der Waals surface area contributed by atoms with Gasteiger partial charge in [0.25, 0.3) is 5.91 Å². The molecule has 1 heterocycles. The van der Waals surface area contributed by atoms with E-state index in [0.29, 0.717) is 11.4 Å². The molecule has 0 aliphatic carbocycles. The van der Waals surface area contributed by atoms with Gasteiger partial charge in [-0.1, -0.05) is 17.7 Å². The van der Waals surface area contributed by atoms with E-state index in [0.717, 1.165) is 16.8 Å². The third-order valence-electron chi connectivity index (χ3n) is 2.72. The number of ether oxygens (including phenoxy) is 1. The fourth-order valence-corrected chi connectivity index (χ4v) is 2.16. The molecule has 0 spiro atoms. The number of aryl methyl sites for hydroxylation is 2. The molecule has 0 bridgehead atoms. The molecule has 1 amide bonds. The molecule has 0 atom stereocenters. The van der Waals surface area contributed by atoms with Crippen LogP contribution in [0.5, 0.6) is 5.88 Å². The highest BCUT2D eigenvalue weighted by atomic mass is 35.5. The summed E-state index contributed by atoms with van der Waals surface area (Å²) in [5.74, 6) is 0.0562. The Balaban J connectivity index is 2.25. The summed E-state index contributed by atoms with van der Waals surface area (Å²) in [5, 5.41) is 3.06. The number of carbonyl (C=O) groups excluding carboxylic acids is 1. The number of rotatable bonds is 3. The minimum atomic E-state index is -0.252. The van der Waals surface area contributed by atoms with E-state index in [-0.39, 0.29) is 11.1 Å². The highest BCUT2D eigenvalue weighted by Crippen LogP contribution is 2.19. The quantitative estimate of drug-likeness (QED) is 0.879. The molecule has 1 aromatic carbocycles. The van der Waals surface area contributed by atoms with E-state index < -0.39 is 0 Å². The predicted octanol–water partition coefficient (Wildman–Crippen LogP) is 3.61. The molecule has 0 unspecified atom stereocenters. The van der Waals surface area contributed by atoms with Crippen LogP contribution in [0, 0.1) is 13.8 Å². The SMILES string of the molecule is COc1cc(C(=O)Nc2cc(C)cc(C)c2)cc(Cl)n1. The number of hydrogen-bond acceptors (Lipinski definition) is 3. The lowest BCUT2D eigenvalue weighted by Gasteiger charge is -2.08. The molecule has 0 radical (unpaired) electrons. The number of amides is 1. The largest absolute Gasteiger partial charge is 0.481 e. The van der Waals surface area contributed by atoms with Crippen molar-refractivity contribution in [2.24, 2.45) is 0 Å². The normalized spacial score (nSPS) is 10.2. The van der Waals surface area contributed by atoms with Crippen LogP contribution in [0.15, 0.2) is 30.3 Å². The van der Waals surface area contributed by atoms with Crippen molar-refractivity contribution >= 4 is 23.2 Å². The topological polar surface area (TPSA) is 51.2 Å². The monoisotopic (exact) mass is 290 g/mol. The summed E-state index contributed by atoms with van der Waals surface area (Å²) in [6.45, 7) is 3.96. The van der Waals surface area contributed by atoms with Crippen LogP contribution in [0.4, 0.5) is 5.69 Å². The number of methoxy groups -OCH3 is 1. The van der Waals surface area contributed by atoms with Crippen molar-refractivity contribution in [2.45, 2.75) is 13.8 Å². The van der Waals surface area contributed by atoms with Gasteiger partial charge in [-0.2, -0.15) is 0 Å². The van der Waals surface area contributed by atoms with Gasteiger partial charge in [0.1, 0.15) is 5.15 Å². The molecule has 0 saturated carbocycles. The van der Waals surface area contributed by atoms with Crippen LogP contribution in [-0.4, -0.2) is 18.0 Å². The summed E-state index contributed by atoms with van der Waals surface area (Å²) in [5.41, 5.74) is 3.33. The minimum Gasteiger partial charge on any atom is -0.481 e. The van der Waals surface area contributed by atoms with E-state index in [4.69, 9.17) is 16.3 Å². The maximum atomic E-state index is 12.2. The second kappa shape index (κ2) is 5.92. The number of halogens is 1. The highest BCUT2D eigenvalue weighted by Gasteiger charge is 2.10. The van der Waals surface area contributed by atoms with Gasteiger partial charge in [0.2, 0.25) is 5.88 Å². The molecular weight excluding hydrogens is 276 g/mol. The Kier molecular flexibility index (Phi) is 4.25. The first-order valence-corrected chi connectivity index (χ1v) is 6.47. The van der Waals surface area contributed by atoms with Gasteiger partial charge in [-0.15, -0.1) is 0 Å². The molecule has 0 saturated heterocycles. The minimum absolute atomic E-state index is 0.218. The van der Waals surface area contributed by atoms with Crippen LogP contribution in [0.25, 0.3) is 0 Å². The molecule has 5 heteroatoms. The van der Waals surface area contributed by atoms with Gasteiger partial charge in [0, 0.05) is 17.3 Å². The number of benzene rings is 1. The zero-order chi connectivity index (χ0) is 14.7. The third kappa shape index (κ3) is 3.48. The van der Waals surface area contributed by atoms with Crippen molar-refractivity contribution in [3.8, 4) is 5.88 Å². The van der Waals surface area contributed by atoms with Gasteiger partial charge < -0.3 is 10.1 Å². The van der Waals surface area contributed by atoms with Gasteiger partial charge in [0.15, 0.2) is 0 Å². The zero-order valence-corrected chi connectivity index (χ0v) is 12.3. The Morgan fingerprint density at radius 3 is 2.40 bits per heavy atom. The first-order valence-electron chi connectivity index (χ1n) is 6.09. The smallest absolute Gasteiger partial charge is 0.255 e. The lowest BCUT2D eigenvalue weighted by molar-refractivity contribution is 0.102. The van der Waals surface area contributed by atoms with Crippen LogP contribution in [0.3, 0.4) is 0 Å². The van der Waals surface area contributed by atoms with Crippen LogP contribution in [-0.2, 0) is 0 Å². The van der Waals surface area contributed by atoms with Crippen molar-refractivity contribution in [2.75, 3.05) is 12.4 Å². The van der Waals surface area contributed by atoms with Crippen LogP contribution in [0.2, 0.25) is 5.15 Å². The van der Waals surface area contributed by atoms with Gasteiger partial charge in [0.05, 0.1) is 7.11 Å². The van der Waals surface area contributed by atoms with Gasteiger partial charge in [-0.05, 0) is 43.2 Å². The van der Waals surface area contributed by atoms with Gasteiger partial charge >= 0.3 is 0 Å². The first-order chi connectivity index (χ1) is 9.47. The molecule has 2 rings (SSSR count). The average molecular weight is 291 g/mol. The van der Waals surface area contributed by atoms with E-state index in [1.165, 1.54) is 13.2 Å². The molecule has 0 aliphatic rings. The van der Waals surface area contributed by atoms with Crippen molar-refractivity contribution in [3.05, 3.63) is 52.2 Å². The summed E-state index contributed by atoms with van der Waals surface area (Å²) >= 11 is 5.86. The van der Waals surface area contributed by atoms with Gasteiger partial charge in [-0.3, -0.25) is 4.79 Å². The molecular formula is C15H15ClN2O2. The summed E-state index contributed by atoms with van der Waals surface area (Å²) in [6, 6.07) is 8.91. The van der Waals surface area contributed by atoms with Crippen molar-refractivity contribution in [1.29, 1.82) is 0 Å². The molecule has 104 valence electrons. The molecule has 1 aromatic heterocycles. The molecule has 2 aromatic rings. The van der Waals surface area contributed by atoms with E-state index in [1.54, 1.807) is 6.07 Å². The van der Waals surface area contributed by atoms with E-state index in [1.807, 2.05) is 32.0 Å². The van der Waals surface area contributed by atoms with E-state index in [2.05, 4.69) is 10.3 Å².